The maximum absolute atomic E-state index is 14.1. The van der Waals surface area contributed by atoms with Crippen LogP contribution in [0.5, 0.6) is 0 Å². The maximum atomic E-state index is 14.1. The second kappa shape index (κ2) is 14.9. The zero-order valence-corrected chi connectivity index (χ0v) is 30.4. The highest BCUT2D eigenvalue weighted by atomic mass is 35.5. The van der Waals surface area contributed by atoms with Crippen LogP contribution in [-0.2, 0) is 40.5 Å². The number of ether oxygens (including phenoxy) is 1. The summed E-state index contributed by atoms with van der Waals surface area (Å²) in [6.07, 6.45) is 1.50. The van der Waals surface area contributed by atoms with Gasteiger partial charge in [0.1, 0.15) is 18.0 Å². The SMILES string of the molecule is CN(C)S(=O)(=O)Nc1ccc(CCC(=O)NC2c3ccccc3NC2(NC(=O)C(=O)Nc2cc(Cl)ccc2-n2cnnn2)C(=O)OC(C)(C)C)cc1. The van der Waals surface area contributed by atoms with Crippen molar-refractivity contribution in [2.75, 3.05) is 29.5 Å². The largest absolute Gasteiger partial charge is 0.457 e. The summed E-state index contributed by atoms with van der Waals surface area (Å²) in [5.41, 5.74) is -0.852. The van der Waals surface area contributed by atoms with Gasteiger partial charge in [-0.25, -0.2) is 4.79 Å². The molecular formula is C33H37ClN10O7S. The van der Waals surface area contributed by atoms with Gasteiger partial charge in [-0.1, -0.05) is 41.9 Å². The summed E-state index contributed by atoms with van der Waals surface area (Å²) in [5.74, 6) is -3.86. The van der Waals surface area contributed by atoms with E-state index in [0.717, 1.165) is 9.87 Å². The molecule has 0 bridgehead atoms. The number of nitrogens with one attached hydrogen (secondary N) is 5. The van der Waals surface area contributed by atoms with Gasteiger partial charge in [0.05, 0.1) is 11.4 Å². The molecule has 0 saturated carbocycles. The van der Waals surface area contributed by atoms with Gasteiger partial charge in [-0.3, -0.25) is 19.1 Å². The van der Waals surface area contributed by atoms with Crippen LogP contribution in [0.1, 0.15) is 44.4 Å². The monoisotopic (exact) mass is 752 g/mol. The first-order valence-corrected chi connectivity index (χ1v) is 17.6. The first-order chi connectivity index (χ1) is 24.5. The summed E-state index contributed by atoms with van der Waals surface area (Å²) in [6.45, 7) is 4.91. The number of anilines is 3. The molecule has 1 aromatic heterocycles. The molecule has 2 heterocycles. The number of nitrogens with zero attached hydrogens (tertiary/aromatic N) is 5. The maximum Gasteiger partial charge on any atom is 0.356 e. The number of benzene rings is 3. The number of aryl methyl sites for hydroxylation is 1. The van der Waals surface area contributed by atoms with E-state index >= 15 is 0 Å². The Labute approximate surface area is 304 Å². The van der Waals surface area contributed by atoms with E-state index < -0.39 is 51.2 Å². The Morgan fingerprint density at radius 2 is 1.73 bits per heavy atom. The molecule has 0 spiro atoms. The van der Waals surface area contributed by atoms with Crippen molar-refractivity contribution in [3.63, 3.8) is 0 Å². The van der Waals surface area contributed by atoms with E-state index in [9.17, 15) is 27.6 Å². The van der Waals surface area contributed by atoms with Crippen LogP contribution in [0.25, 0.3) is 5.69 Å². The van der Waals surface area contributed by atoms with E-state index in [4.69, 9.17) is 16.3 Å². The van der Waals surface area contributed by atoms with Crippen molar-refractivity contribution in [3.05, 3.63) is 89.2 Å². The molecule has 0 radical (unpaired) electrons. The average molecular weight is 753 g/mol. The number of esters is 1. The van der Waals surface area contributed by atoms with Crippen molar-refractivity contribution in [3.8, 4) is 5.69 Å². The van der Waals surface area contributed by atoms with Gasteiger partial charge in [-0.05, 0) is 79.6 Å². The Kier molecular flexibility index (Phi) is 10.8. The summed E-state index contributed by atoms with van der Waals surface area (Å²) in [4.78, 5) is 54.8. The number of amides is 3. The fourth-order valence-corrected chi connectivity index (χ4v) is 6.00. The number of halogens is 1. The van der Waals surface area contributed by atoms with Crippen molar-refractivity contribution in [1.29, 1.82) is 0 Å². The van der Waals surface area contributed by atoms with Crippen molar-refractivity contribution in [2.45, 2.75) is 50.9 Å². The van der Waals surface area contributed by atoms with E-state index in [0.29, 0.717) is 22.6 Å². The lowest BCUT2D eigenvalue weighted by Gasteiger charge is -2.36. The van der Waals surface area contributed by atoms with Crippen LogP contribution in [0.15, 0.2) is 73.1 Å². The number of fused-ring (bicyclic) bond motifs is 1. The number of hydrogen-bond acceptors (Lipinski definition) is 11. The third kappa shape index (κ3) is 8.64. The van der Waals surface area contributed by atoms with Gasteiger partial charge >= 0.3 is 28.0 Å². The average Bonchev–Trinajstić information content (AvgIpc) is 3.71. The Hall–Kier alpha value is -5.59. The van der Waals surface area contributed by atoms with Gasteiger partial charge in [0.2, 0.25) is 11.6 Å². The summed E-state index contributed by atoms with van der Waals surface area (Å²) in [5, 5.41) is 22.1. The van der Waals surface area contributed by atoms with Gasteiger partial charge < -0.3 is 26.0 Å². The van der Waals surface area contributed by atoms with Crippen LogP contribution >= 0.6 is 11.6 Å². The van der Waals surface area contributed by atoms with Crippen LogP contribution < -0.4 is 26.0 Å². The zero-order chi connectivity index (χ0) is 37.8. The number of rotatable bonds is 11. The molecule has 5 rings (SSSR count). The predicted molar refractivity (Wildman–Crippen MR) is 191 cm³/mol. The first kappa shape index (κ1) is 37.7. The van der Waals surface area contributed by atoms with E-state index in [2.05, 4.69) is 41.5 Å². The Balaban J connectivity index is 1.39. The third-order valence-electron chi connectivity index (χ3n) is 7.70. The molecule has 1 aliphatic heterocycles. The molecule has 17 nitrogen and oxygen atoms in total. The normalized spacial score (nSPS) is 16.7. The molecule has 2 atom stereocenters. The Bertz CT molecular complexity index is 2090. The van der Waals surface area contributed by atoms with Crippen LogP contribution in [0.2, 0.25) is 5.02 Å². The van der Waals surface area contributed by atoms with E-state index in [1.165, 1.54) is 37.2 Å². The highest BCUT2D eigenvalue weighted by molar-refractivity contribution is 7.90. The molecule has 0 saturated heterocycles. The van der Waals surface area contributed by atoms with Gasteiger partial charge in [-0.15, -0.1) is 5.10 Å². The topological polar surface area (TPSA) is 219 Å². The van der Waals surface area contributed by atoms with Crippen molar-refractivity contribution in [1.82, 2.24) is 35.1 Å². The van der Waals surface area contributed by atoms with Gasteiger partial charge in [0, 0.05) is 42.5 Å². The minimum absolute atomic E-state index is 0.0467. The van der Waals surface area contributed by atoms with E-state index in [1.54, 1.807) is 75.4 Å². The number of tetrazole rings is 1. The second-order valence-corrected chi connectivity index (χ2v) is 15.3. The molecule has 19 heteroatoms. The molecule has 2 unspecified atom stereocenters. The second-order valence-electron chi connectivity index (χ2n) is 12.9. The summed E-state index contributed by atoms with van der Waals surface area (Å²) in [6, 6.07) is 16.5. The highest BCUT2D eigenvalue weighted by Crippen LogP contribution is 2.41. The molecule has 0 fully saturated rings. The molecule has 1 aliphatic rings. The molecule has 3 amide bonds. The molecule has 274 valence electrons. The quantitative estimate of drug-likeness (QED) is 0.111. The number of carbonyl (C=O) groups excluding carboxylic acids is 4. The number of carbonyl (C=O) groups is 4. The first-order valence-electron chi connectivity index (χ1n) is 15.8. The standard InChI is InChI=1S/C33H37ClN10O7S/c1-32(2,3)51-31(48)33(39-30(47)29(46)36-25-18-21(34)13-16-26(25)44-19-35-41-42-44)28(23-8-6-7-9-24(23)38-33)37-27(45)17-12-20-10-14-22(15-11-20)40-52(49,50)43(4)5/h6-11,13-16,18-19,28,38,40H,12,17H2,1-5H3,(H,36,46)(H,37,45)(H,39,47). The molecular weight excluding hydrogens is 716 g/mol. The summed E-state index contributed by atoms with van der Waals surface area (Å²) in [7, 11) is -0.885. The summed E-state index contributed by atoms with van der Waals surface area (Å²) >= 11 is 6.18. The van der Waals surface area contributed by atoms with Crippen molar-refractivity contribution >= 4 is 62.6 Å². The molecule has 4 aromatic rings. The lowest BCUT2D eigenvalue weighted by molar-refractivity contribution is -0.164. The lowest BCUT2D eigenvalue weighted by Crippen LogP contribution is -2.66. The predicted octanol–water partition coefficient (Wildman–Crippen LogP) is 2.54. The van der Waals surface area contributed by atoms with E-state index in [1.807, 2.05) is 0 Å². The lowest BCUT2D eigenvalue weighted by atomic mass is 9.96. The van der Waals surface area contributed by atoms with Crippen LogP contribution in [0.4, 0.5) is 17.1 Å². The van der Waals surface area contributed by atoms with Gasteiger partial charge in [0.15, 0.2) is 0 Å². The Morgan fingerprint density at radius 3 is 2.38 bits per heavy atom. The molecule has 5 N–H and O–H groups in total. The van der Waals surface area contributed by atoms with Gasteiger partial charge in [-0.2, -0.15) is 17.4 Å². The third-order valence-corrected chi connectivity index (χ3v) is 9.39. The van der Waals surface area contributed by atoms with Crippen LogP contribution in [-0.4, -0.2) is 82.0 Å². The zero-order valence-electron chi connectivity index (χ0n) is 28.8. The van der Waals surface area contributed by atoms with E-state index in [-0.39, 0.29) is 23.6 Å². The van der Waals surface area contributed by atoms with Crippen molar-refractivity contribution in [2.24, 2.45) is 0 Å². The Morgan fingerprint density at radius 1 is 1.02 bits per heavy atom. The highest BCUT2D eigenvalue weighted by Gasteiger charge is 2.56. The molecule has 3 aromatic carbocycles. The number of aromatic nitrogens is 4. The minimum Gasteiger partial charge on any atom is -0.457 e. The van der Waals surface area contributed by atoms with Crippen LogP contribution in [0.3, 0.4) is 0 Å². The minimum atomic E-state index is -3.69. The summed E-state index contributed by atoms with van der Waals surface area (Å²) < 4.78 is 34.8. The molecule has 52 heavy (non-hydrogen) atoms. The fraction of sp³-hybridized carbons (Fsp3) is 0.303. The molecule has 0 aliphatic carbocycles. The van der Waals surface area contributed by atoms with Gasteiger partial charge in [0.25, 0.3) is 0 Å². The fourth-order valence-electron chi connectivity index (χ4n) is 5.21. The van der Waals surface area contributed by atoms with Crippen molar-refractivity contribution < 1.29 is 32.3 Å². The number of hydrogen-bond donors (Lipinski definition) is 5. The number of para-hydroxylation sites is 1. The van der Waals surface area contributed by atoms with Crippen LogP contribution in [0, 0.1) is 0 Å². The smallest absolute Gasteiger partial charge is 0.356 e.